The topological polar surface area (TPSA) is 79.3 Å². The zero-order valence-electron chi connectivity index (χ0n) is 9.85. The summed E-state index contributed by atoms with van der Waals surface area (Å²) in [6, 6.07) is 15.0. The van der Waals surface area contributed by atoms with Crippen molar-refractivity contribution in [2.24, 2.45) is 4.99 Å². The van der Waals surface area contributed by atoms with E-state index in [1.54, 1.807) is 42.6 Å². The summed E-state index contributed by atoms with van der Waals surface area (Å²) < 4.78 is 0. The number of nitro groups is 1. The molecule has 2 rings (SSSR count). The Balaban J connectivity index is 2.20. The molecule has 0 aromatic heterocycles. The molecule has 5 nitrogen and oxygen atoms in total. The minimum atomic E-state index is -0.445. The zero-order valence-corrected chi connectivity index (χ0v) is 9.85. The molecule has 0 heterocycles. The Kier molecular flexibility index (Phi) is 3.64. The zero-order chi connectivity index (χ0) is 13.7. The fraction of sp³-hybridized carbons (Fsp3) is 0. The fourth-order valence-corrected chi connectivity index (χ4v) is 1.49. The highest BCUT2D eigenvalue weighted by atomic mass is 16.6. The van der Waals surface area contributed by atoms with Crippen LogP contribution in [0.25, 0.3) is 0 Å². The number of nitriles is 1. The molecule has 0 saturated carbocycles. The lowest BCUT2D eigenvalue weighted by molar-refractivity contribution is -0.384. The van der Waals surface area contributed by atoms with Gasteiger partial charge in [-0.25, -0.2) is 0 Å². The first-order valence-electron chi connectivity index (χ1n) is 5.48. The Morgan fingerprint density at radius 1 is 1.21 bits per heavy atom. The van der Waals surface area contributed by atoms with E-state index in [1.807, 2.05) is 6.07 Å². The number of non-ortho nitro benzene ring substituents is 1. The SMILES string of the molecule is N#Cc1ccc(/N=C/c2cccc([N+](=O)[O-])c2)cc1. The van der Waals surface area contributed by atoms with E-state index in [0.29, 0.717) is 16.8 Å². The smallest absolute Gasteiger partial charge is 0.258 e. The Hall–Kier alpha value is -3.00. The predicted octanol–water partition coefficient (Wildman–Crippen LogP) is 3.22. The summed E-state index contributed by atoms with van der Waals surface area (Å²) >= 11 is 0. The summed E-state index contributed by atoms with van der Waals surface area (Å²) in [5.74, 6) is 0. The normalized spacial score (nSPS) is 10.3. The summed E-state index contributed by atoms with van der Waals surface area (Å²) in [5, 5.41) is 19.3. The van der Waals surface area contributed by atoms with Gasteiger partial charge in [-0.1, -0.05) is 12.1 Å². The lowest BCUT2D eigenvalue weighted by Crippen LogP contribution is -1.89. The van der Waals surface area contributed by atoms with Gasteiger partial charge in [0.25, 0.3) is 5.69 Å². The van der Waals surface area contributed by atoms with Crippen molar-refractivity contribution in [1.29, 1.82) is 5.26 Å². The van der Waals surface area contributed by atoms with Crippen molar-refractivity contribution in [2.45, 2.75) is 0 Å². The Labute approximate surface area is 109 Å². The van der Waals surface area contributed by atoms with Crippen LogP contribution in [0.3, 0.4) is 0 Å². The predicted molar refractivity (Wildman–Crippen MR) is 71.5 cm³/mol. The lowest BCUT2D eigenvalue weighted by atomic mass is 10.2. The maximum Gasteiger partial charge on any atom is 0.270 e. The van der Waals surface area contributed by atoms with E-state index >= 15 is 0 Å². The molecule has 0 bridgehead atoms. The molecular weight excluding hydrogens is 242 g/mol. The van der Waals surface area contributed by atoms with Gasteiger partial charge < -0.3 is 0 Å². The van der Waals surface area contributed by atoms with Crippen LogP contribution in [-0.4, -0.2) is 11.1 Å². The number of hydrogen-bond donors (Lipinski definition) is 0. The van der Waals surface area contributed by atoms with Gasteiger partial charge in [0.05, 0.1) is 22.2 Å². The quantitative estimate of drug-likeness (QED) is 0.477. The highest BCUT2D eigenvalue weighted by Gasteiger charge is 2.03. The molecule has 5 heteroatoms. The van der Waals surface area contributed by atoms with E-state index in [1.165, 1.54) is 12.1 Å². The van der Waals surface area contributed by atoms with Gasteiger partial charge in [0.1, 0.15) is 0 Å². The molecule has 2 aromatic rings. The molecule has 0 atom stereocenters. The first-order valence-corrected chi connectivity index (χ1v) is 5.48. The third kappa shape index (κ3) is 3.23. The molecule has 0 N–H and O–H groups in total. The monoisotopic (exact) mass is 251 g/mol. The second-order valence-electron chi connectivity index (χ2n) is 3.77. The van der Waals surface area contributed by atoms with Crippen molar-refractivity contribution in [1.82, 2.24) is 0 Å². The van der Waals surface area contributed by atoms with Gasteiger partial charge in [-0.3, -0.25) is 15.1 Å². The van der Waals surface area contributed by atoms with Gasteiger partial charge in [-0.05, 0) is 29.8 Å². The number of nitrogens with zero attached hydrogens (tertiary/aromatic N) is 3. The van der Waals surface area contributed by atoms with Gasteiger partial charge in [0.2, 0.25) is 0 Å². The summed E-state index contributed by atoms with van der Waals surface area (Å²) in [4.78, 5) is 14.4. The van der Waals surface area contributed by atoms with Crippen LogP contribution in [0.4, 0.5) is 11.4 Å². The maximum atomic E-state index is 10.6. The number of nitro benzene ring substituents is 1. The number of aliphatic imine (C=N–C) groups is 1. The van der Waals surface area contributed by atoms with Crippen LogP contribution in [0.2, 0.25) is 0 Å². The molecule has 0 aliphatic heterocycles. The Morgan fingerprint density at radius 3 is 2.58 bits per heavy atom. The minimum Gasteiger partial charge on any atom is -0.258 e. The summed E-state index contributed by atoms with van der Waals surface area (Å²) in [6.07, 6.45) is 1.55. The van der Waals surface area contributed by atoms with Crippen molar-refractivity contribution >= 4 is 17.6 Å². The van der Waals surface area contributed by atoms with Gasteiger partial charge in [-0.2, -0.15) is 5.26 Å². The molecule has 0 amide bonds. The second-order valence-corrected chi connectivity index (χ2v) is 3.77. The standard InChI is InChI=1S/C14H9N3O2/c15-9-11-4-6-13(7-5-11)16-10-12-2-1-3-14(8-12)17(18)19/h1-8,10H/b16-10+. The maximum absolute atomic E-state index is 10.6. The first kappa shape index (κ1) is 12.5. The first-order chi connectivity index (χ1) is 9.19. The van der Waals surface area contributed by atoms with Gasteiger partial charge in [-0.15, -0.1) is 0 Å². The lowest BCUT2D eigenvalue weighted by Gasteiger charge is -1.95. The number of benzene rings is 2. The second kappa shape index (κ2) is 5.56. The average Bonchev–Trinajstić information content (AvgIpc) is 2.46. The molecular formula is C14H9N3O2. The summed E-state index contributed by atoms with van der Waals surface area (Å²) in [6.45, 7) is 0. The highest BCUT2D eigenvalue weighted by molar-refractivity contribution is 5.82. The van der Waals surface area contributed by atoms with Gasteiger partial charge >= 0.3 is 0 Å². The third-order valence-electron chi connectivity index (χ3n) is 2.44. The van der Waals surface area contributed by atoms with Crippen LogP contribution < -0.4 is 0 Å². The number of rotatable bonds is 3. The van der Waals surface area contributed by atoms with E-state index in [0.717, 1.165) is 0 Å². The largest absolute Gasteiger partial charge is 0.270 e. The van der Waals surface area contributed by atoms with Crippen LogP contribution in [-0.2, 0) is 0 Å². The van der Waals surface area contributed by atoms with Crippen molar-refractivity contribution in [2.75, 3.05) is 0 Å². The van der Waals surface area contributed by atoms with Crippen molar-refractivity contribution in [3.63, 3.8) is 0 Å². The molecule has 0 unspecified atom stereocenters. The van der Waals surface area contributed by atoms with E-state index in [-0.39, 0.29) is 5.69 Å². The molecule has 0 aliphatic rings. The van der Waals surface area contributed by atoms with Crippen LogP contribution in [0, 0.1) is 21.4 Å². The third-order valence-corrected chi connectivity index (χ3v) is 2.44. The molecule has 92 valence electrons. The summed E-state index contributed by atoms with van der Waals surface area (Å²) in [5.41, 5.74) is 1.93. The Bertz CT molecular complexity index is 670. The number of hydrogen-bond acceptors (Lipinski definition) is 4. The van der Waals surface area contributed by atoms with Gasteiger partial charge in [0, 0.05) is 18.3 Å². The van der Waals surface area contributed by atoms with E-state index < -0.39 is 4.92 Å². The molecule has 0 aliphatic carbocycles. The minimum absolute atomic E-state index is 0.0313. The van der Waals surface area contributed by atoms with Gasteiger partial charge in [0.15, 0.2) is 0 Å². The molecule has 0 saturated heterocycles. The van der Waals surface area contributed by atoms with E-state index in [9.17, 15) is 10.1 Å². The fourth-order valence-electron chi connectivity index (χ4n) is 1.49. The van der Waals surface area contributed by atoms with Crippen LogP contribution in [0.15, 0.2) is 53.5 Å². The van der Waals surface area contributed by atoms with E-state index in [2.05, 4.69) is 4.99 Å². The van der Waals surface area contributed by atoms with Crippen LogP contribution >= 0.6 is 0 Å². The van der Waals surface area contributed by atoms with Crippen LogP contribution in [0.1, 0.15) is 11.1 Å². The van der Waals surface area contributed by atoms with Crippen LogP contribution in [0.5, 0.6) is 0 Å². The van der Waals surface area contributed by atoms with Crippen molar-refractivity contribution < 1.29 is 4.92 Å². The van der Waals surface area contributed by atoms with Crippen molar-refractivity contribution in [3.8, 4) is 6.07 Å². The molecule has 0 spiro atoms. The molecule has 19 heavy (non-hydrogen) atoms. The Morgan fingerprint density at radius 2 is 1.95 bits per heavy atom. The average molecular weight is 251 g/mol. The van der Waals surface area contributed by atoms with E-state index in [4.69, 9.17) is 5.26 Å². The van der Waals surface area contributed by atoms with Crippen molar-refractivity contribution in [3.05, 3.63) is 69.8 Å². The highest BCUT2D eigenvalue weighted by Crippen LogP contribution is 2.15. The molecule has 0 radical (unpaired) electrons. The summed E-state index contributed by atoms with van der Waals surface area (Å²) in [7, 11) is 0. The molecule has 2 aromatic carbocycles. The molecule has 0 fully saturated rings.